The number of hydrogen-bond acceptors (Lipinski definition) is 4. The molecular formula is C26H18O4. The lowest BCUT2D eigenvalue weighted by Gasteiger charge is -2.07. The molecule has 0 aliphatic rings. The maximum Gasteiger partial charge on any atom is 0.343 e. The number of benzene rings is 4. The van der Waals surface area contributed by atoms with Crippen LogP contribution in [0.2, 0.25) is 0 Å². The molecule has 4 aromatic rings. The number of carbonyl (C=O) groups is 2. The summed E-state index contributed by atoms with van der Waals surface area (Å²) >= 11 is 0. The molecular weight excluding hydrogens is 376 g/mol. The van der Waals surface area contributed by atoms with Gasteiger partial charge in [0.15, 0.2) is 0 Å². The monoisotopic (exact) mass is 394 g/mol. The Kier molecular flexibility index (Phi) is 5.67. The van der Waals surface area contributed by atoms with E-state index < -0.39 is 11.9 Å². The average Bonchev–Trinajstić information content (AvgIpc) is 2.81. The highest BCUT2D eigenvalue weighted by atomic mass is 16.5. The zero-order valence-electron chi connectivity index (χ0n) is 16.0. The molecule has 0 N–H and O–H groups in total. The molecule has 0 radical (unpaired) electrons. The topological polar surface area (TPSA) is 52.6 Å². The first-order valence-electron chi connectivity index (χ1n) is 9.44. The van der Waals surface area contributed by atoms with Crippen molar-refractivity contribution in [2.75, 3.05) is 0 Å². The number of ether oxygens (including phenoxy) is 2. The summed E-state index contributed by atoms with van der Waals surface area (Å²) < 4.78 is 10.8. The summed E-state index contributed by atoms with van der Waals surface area (Å²) in [7, 11) is 0. The van der Waals surface area contributed by atoms with Gasteiger partial charge in [-0.25, -0.2) is 9.59 Å². The minimum absolute atomic E-state index is 0.354. The molecule has 146 valence electrons. The molecule has 0 saturated heterocycles. The molecule has 0 unspecified atom stereocenters. The summed E-state index contributed by atoms with van der Waals surface area (Å²) in [4.78, 5) is 24.5. The highest BCUT2D eigenvalue weighted by molar-refractivity contribution is 5.92. The summed E-state index contributed by atoms with van der Waals surface area (Å²) in [6.45, 7) is 0. The third-order valence-electron chi connectivity index (χ3n) is 4.48. The van der Waals surface area contributed by atoms with Crippen LogP contribution < -0.4 is 9.47 Å². The molecule has 30 heavy (non-hydrogen) atoms. The molecule has 0 aromatic heterocycles. The standard InChI is InChI=1S/C26H18O4/c27-25(21-9-5-2-6-10-21)29-24-17-13-22(14-18-24)26(28)30-23-15-11-20(12-16-23)19-7-3-1-4-8-19/h1-18H. The molecule has 4 aromatic carbocycles. The van der Waals surface area contributed by atoms with Crippen LogP contribution in [-0.2, 0) is 0 Å². The second-order valence-corrected chi connectivity index (χ2v) is 6.56. The van der Waals surface area contributed by atoms with Gasteiger partial charge in [-0.1, -0.05) is 60.7 Å². The largest absolute Gasteiger partial charge is 0.423 e. The summed E-state index contributed by atoms with van der Waals surface area (Å²) in [5.41, 5.74) is 2.96. The molecule has 4 rings (SSSR count). The zero-order valence-corrected chi connectivity index (χ0v) is 16.0. The van der Waals surface area contributed by atoms with Crippen molar-refractivity contribution in [3.8, 4) is 22.6 Å². The maximum absolute atomic E-state index is 12.4. The van der Waals surface area contributed by atoms with Crippen LogP contribution in [0.1, 0.15) is 20.7 Å². The average molecular weight is 394 g/mol. The Morgan fingerprint density at radius 2 is 0.833 bits per heavy atom. The van der Waals surface area contributed by atoms with Gasteiger partial charge in [0, 0.05) is 0 Å². The van der Waals surface area contributed by atoms with Crippen molar-refractivity contribution in [3.05, 3.63) is 120 Å². The molecule has 0 fully saturated rings. The molecule has 0 bridgehead atoms. The van der Waals surface area contributed by atoms with Crippen LogP contribution in [0.25, 0.3) is 11.1 Å². The van der Waals surface area contributed by atoms with Crippen molar-refractivity contribution in [1.29, 1.82) is 0 Å². The predicted octanol–water partition coefficient (Wildman–Crippen LogP) is 5.79. The fourth-order valence-corrected chi connectivity index (χ4v) is 2.91. The van der Waals surface area contributed by atoms with Crippen LogP contribution in [-0.4, -0.2) is 11.9 Å². The van der Waals surface area contributed by atoms with E-state index >= 15 is 0 Å². The number of carbonyl (C=O) groups excluding carboxylic acids is 2. The summed E-state index contributed by atoms with van der Waals surface area (Å²) in [5.74, 6) is -0.125. The van der Waals surface area contributed by atoms with Crippen LogP contribution >= 0.6 is 0 Å². The summed E-state index contributed by atoms with van der Waals surface area (Å²) in [5, 5.41) is 0. The Balaban J connectivity index is 1.38. The molecule has 4 heteroatoms. The third kappa shape index (κ3) is 4.62. The molecule has 0 heterocycles. The Bertz CT molecular complexity index is 1130. The second kappa shape index (κ2) is 8.88. The van der Waals surface area contributed by atoms with Crippen LogP contribution in [0, 0.1) is 0 Å². The Labute approximate surface area is 174 Å². The Morgan fingerprint density at radius 1 is 0.433 bits per heavy atom. The van der Waals surface area contributed by atoms with Crippen LogP contribution in [0.15, 0.2) is 109 Å². The molecule has 4 nitrogen and oxygen atoms in total. The van der Waals surface area contributed by atoms with Gasteiger partial charge < -0.3 is 9.47 Å². The van der Waals surface area contributed by atoms with E-state index in [2.05, 4.69) is 0 Å². The van der Waals surface area contributed by atoms with Crippen molar-refractivity contribution in [1.82, 2.24) is 0 Å². The fourth-order valence-electron chi connectivity index (χ4n) is 2.91. The van der Waals surface area contributed by atoms with Gasteiger partial charge in [0.2, 0.25) is 0 Å². The first kappa shape index (κ1) is 19.2. The maximum atomic E-state index is 12.4. The van der Waals surface area contributed by atoms with E-state index in [1.807, 2.05) is 48.5 Å². The first-order chi connectivity index (χ1) is 14.7. The minimum Gasteiger partial charge on any atom is -0.423 e. The van der Waals surface area contributed by atoms with Gasteiger partial charge in [-0.3, -0.25) is 0 Å². The van der Waals surface area contributed by atoms with Gasteiger partial charge in [-0.2, -0.15) is 0 Å². The van der Waals surface area contributed by atoms with E-state index in [0.29, 0.717) is 22.6 Å². The van der Waals surface area contributed by atoms with Gasteiger partial charge >= 0.3 is 11.9 Å². The molecule has 0 spiro atoms. The predicted molar refractivity (Wildman–Crippen MR) is 115 cm³/mol. The van der Waals surface area contributed by atoms with E-state index in [-0.39, 0.29) is 0 Å². The van der Waals surface area contributed by atoms with E-state index in [1.54, 1.807) is 60.7 Å². The molecule has 0 aliphatic heterocycles. The van der Waals surface area contributed by atoms with Crippen molar-refractivity contribution in [2.45, 2.75) is 0 Å². The SMILES string of the molecule is O=C(Oc1ccc(C(=O)Oc2ccc(-c3ccccc3)cc2)cc1)c1ccccc1. The quantitative estimate of drug-likeness (QED) is 0.317. The smallest absolute Gasteiger partial charge is 0.343 e. The lowest BCUT2D eigenvalue weighted by atomic mass is 10.1. The molecule has 0 amide bonds. The summed E-state index contributed by atoms with van der Waals surface area (Å²) in [6.07, 6.45) is 0. The normalized spacial score (nSPS) is 10.3. The van der Waals surface area contributed by atoms with Gasteiger partial charge in [-0.15, -0.1) is 0 Å². The Hall–Kier alpha value is -4.18. The zero-order chi connectivity index (χ0) is 20.8. The Morgan fingerprint density at radius 3 is 1.37 bits per heavy atom. The van der Waals surface area contributed by atoms with Gasteiger partial charge in [0.25, 0.3) is 0 Å². The van der Waals surface area contributed by atoms with E-state index in [9.17, 15) is 9.59 Å². The molecule has 0 saturated carbocycles. The third-order valence-corrected chi connectivity index (χ3v) is 4.48. The van der Waals surface area contributed by atoms with E-state index in [0.717, 1.165) is 11.1 Å². The van der Waals surface area contributed by atoms with Gasteiger partial charge in [0.05, 0.1) is 11.1 Å². The molecule has 0 aliphatic carbocycles. The second-order valence-electron chi connectivity index (χ2n) is 6.56. The highest BCUT2D eigenvalue weighted by Crippen LogP contribution is 2.23. The van der Waals surface area contributed by atoms with Gasteiger partial charge in [0.1, 0.15) is 11.5 Å². The highest BCUT2D eigenvalue weighted by Gasteiger charge is 2.11. The van der Waals surface area contributed by atoms with Crippen LogP contribution in [0.5, 0.6) is 11.5 Å². The first-order valence-corrected chi connectivity index (χ1v) is 9.44. The number of rotatable bonds is 5. The van der Waals surface area contributed by atoms with E-state index in [1.165, 1.54) is 0 Å². The van der Waals surface area contributed by atoms with Crippen LogP contribution in [0.4, 0.5) is 0 Å². The lowest BCUT2D eigenvalue weighted by Crippen LogP contribution is -2.10. The number of hydrogen-bond donors (Lipinski definition) is 0. The van der Waals surface area contributed by atoms with Crippen molar-refractivity contribution in [3.63, 3.8) is 0 Å². The van der Waals surface area contributed by atoms with Crippen molar-refractivity contribution < 1.29 is 19.1 Å². The van der Waals surface area contributed by atoms with Crippen LogP contribution in [0.3, 0.4) is 0 Å². The van der Waals surface area contributed by atoms with Crippen molar-refractivity contribution in [2.24, 2.45) is 0 Å². The summed E-state index contributed by atoms with van der Waals surface area (Å²) in [6, 6.07) is 32.3. The fraction of sp³-hybridized carbons (Fsp3) is 0. The lowest BCUT2D eigenvalue weighted by molar-refractivity contribution is 0.0730. The van der Waals surface area contributed by atoms with Gasteiger partial charge in [-0.05, 0) is 59.7 Å². The minimum atomic E-state index is -0.483. The van der Waals surface area contributed by atoms with E-state index in [4.69, 9.17) is 9.47 Å². The number of esters is 2. The van der Waals surface area contributed by atoms with Crippen molar-refractivity contribution >= 4 is 11.9 Å². The molecule has 0 atom stereocenters.